The van der Waals surface area contributed by atoms with Crippen molar-refractivity contribution in [2.45, 2.75) is 12.8 Å². The number of hydrogen-bond donors (Lipinski definition) is 2. The Hall–Kier alpha value is -0.820. The largest absolute Gasteiger partial charge is 0.492 e. The number of ether oxygens (including phenoxy) is 2. The van der Waals surface area contributed by atoms with E-state index in [0.717, 1.165) is 10.2 Å². The molecule has 1 saturated heterocycles. The Morgan fingerprint density at radius 1 is 1.41 bits per heavy atom. The number of nitrogens with one attached hydrogen (secondary N) is 1. The molecule has 1 aromatic carbocycles. The Morgan fingerprint density at radius 2 is 2.14 bits per heavy atom. The van der Waals surface area contributed by atoms with Crippen LogP contribution in [-0.4, -0.2) is 38.8 Å². The molecular formula is C15H22BrClN2O3. The fourth-order valence-electron chi connectivity index (χ4n) is 2.36. The van der Waals surface area contributed by atoms with Gasteiger partial charge in [0.2, 0.25) is 5.91 Å². The molecule has 1 heterocycles. The van der Waals surface area contributed by atoms with Gasteiger partial charge in [-0.2, -0.15) is 0 Å². The molecular weight excluding hydrogens is 372 g/mol. The maximum absolute atomic E-state index is 12.3. The Morgan fingerprint density at radius 3 is 2.77 bits per heavy atom. The topological polar surface area (TPSA) is 73.6 Å². The van der Waals surface area contributed by atoms with E-state index in [1.807, 2.05) is 24.3 Å². The van der Waals surface area contributed by atoms with Gasteiger partial charge in [0.15, 0.2) is 0 Å². The van der Waals surface area contributed by atoms with E-state index in [9.17, 15) is 4.79 Å². The van der Waals surface area contributed by atoms with Crippen molar-refractivity contribution in [3.05, 3.63) is 28.7 Å². The molecule has 0 bridgehead atoms. The van der Waals surface area contributed by atoms with E-state index >= 15 is 0 Å². The zero-order valence-electron chi connectivity index (χ0n) is 12.3. The maximum Gasteiger partial charge on any atom is 0.227 e. The van der Waals surface area contributed by atoms with E-state index in [4.69, 9.17) is 15.2 Å². The second kappa shape index (κ2) is 9.35. The van der Waals surface area contributed by atoms with Crippen molar-refractivity contribution in [1.29, 1.82) is 0 Å². The molecule has 0 unspecified atom stereocenters. The van der Waals surface area contributed by atoms with Gasteiger partial charge < -0.3 is 20.5 Å². The van der Waals surface area contributed by atoms with Gasteiger partial charge in [0.25, 0.3) is 0 Å². The molecule has 0 saturated carbocycles. The fraction of sp³-hybridized carbons (Fsp3) is 0.533. The van der Waals surface area contributed by atoms with Gasteiger partial charge >= 0.3 is 0 Å². The number of hydrogen-bond acceptors (Lipinski definition) is 4. The van der Waals surface area contributed by atoms with Crippen LogP contribution < -0.4 is 15.8 Å². The van der Waals surface area contributed by atoms with Crippen LogP contribution in [0.3, 0.4) is 0 Å². The summed E-state index contributed by atoms with van der Waals surface area (Å²) in [6.07, 6.45) is 1.36. The molecule has 3 N–H and O–H groups in total. The smallest absolute Gasteiger partial charge is 0.227 e. The molecule has 1 aliphatic rings. The summed E-state index contributed by atoms with van der Waals surface area (Å²) < 4.78 is 11.9. The zero-order chi connectivity index (χ0) is 15.1. The third-order valence-electron chi connectivity index (χ3n) is 3.77. The van der Waals surface area contributed by atoms with Gasteiger partial charge in [-0.25, -0.2) is 0 Å². The fourth-order valence-corrected chi connectivity index (χ4v) is 2.74. The monoisotopic (exact) mass is 392 g/mol. The third-order valence-corrected chi connectivity index (χ3v) is 4.27. The maximum atomic E-state index is 12.3. The Bertz CT molecular complexity index is 482. The van der Waals surface area contributed by atoms with Gasteiger partial charge in [0, 0.05) is 24.2 Å². The molecule has 1 amide bonds. The third kappa shape index (κ3) is 5.12. The Labute approximate surface area is 145 Å². The predicted octanol–water partition coefficient (Wildman–Crippen LogP) is 2.12. The SMILES string of the molecule is Cl.NCC1(C(=O)NCCOc2cccc(Br)c2)CCOCC1. The molecule has 7 heteroatoms. The Balaban J connectivity index is 0.00000242. The van der Waals surface area contributed by atoms with Crippen LogP contribution in [-0.2, 0) is 9.53 Å². The van der Waals surface area contributed by atoms with Crippen molar-refractivity contribution in [3.8, 4) is 5.75 Å². The van der Waals surface area contributed by atoms with E-state index in [1.165, 1.54) is 0 Å². The number of carbonyl (C=O) groups excluding carboxylic acids is 1. The summed E-state index contributed by atoms with van der Waals surface area (Å²) in [5.74, 6) is 0.782. The summed E-state index contributed by atoms with van der Waals surface area (Å²) in [5.41, 5.74) is 5.32. The highest BCUT2D eigenvalue weighted by Crippen LogP contribution is 2.29. The van der Waals surface area contributed by atoms with E-state index in [-0.39, 0.29) is 18.3 Å². The summed E-state index contributed by atoms with van der Waals surface area (Å²) in [7, 11) is 0. The second-order valence-electron chi connectivity index (χ2n) is 5.16. The lowest BCUT2D eigenvalue weighted by Crippen LogP contribution is -2.49. The number of rotatable bonds is 6. The van der Waals surface area contributed by atoms with Crippen molar-refractivity contribution in [3.63, 3.8) is 0 Å². The van der Waals surface area contributed by atoms with Crippen LogP contribution >= 0.6 is 28.3 Å². The zero-order valence-corrected chi connectivity index (χ0v) is 14.7. The van der Waals surface area contributed by atoms with Crippen LogP contribution in [0.5, 0.6) is 5.75 Å². The lowest BCUT2D eigenvalue weighted by Gasteiger charge is -2.34. The lowest BCUT2D eigenvalue weighted by molar-refractivity contribution is -0.136. The van der Waals surface area contributed by atoms with Gasteiger partial charge in [-0.1, -0.05) is 22.0 Å². The molecule has 2 rings (SSSR count). The summed E-state index contributed by atoms with van der Waals surface area (Å²) in [6, 6.07) is 7.61. The molecule has 1 aromatic rings. The minimum absolute atomic E-state index is 0. The van der Waals surface area contributed by atoms with Crippen LogP contribution in [0.1, 0.15) is 12.8 Å². The highest BCUT2D eigenvalue weighted by Gasteiger charge is 2.38. The van der Waals surface area contributed by atoms with E-state index < -0.39 is 5.41 Å². The van der Waals surface area contributed by atoms with Crippen LogP contribution in [0.15, 0.2) is 28.7 Å². The van der Waals surface area contributed by atoms with Crippen molar-refractivity contribution in [2.24, 2.45) is 11.1 Å². The number of benzene rings is 1. The van der Waals surface area contributed by atoms with Gasteiger partial charge in [-0.15, -0.1) is 12.4 Å². The molecule has 22 heavy (non-hydrogen) atoms. The molecule has 0 atom stereocenters. The molecule has 5 nitrogen and oxygen atoms in total. The van der Waals surface area contributed by atoms with Gasteiger partial charge in [-0.3, -0.25) is 4.79 Å². The van der Waals surface area contributed by atoms with Crippen molar-refractivity contribution >= 4 is 34.2 Å². The van der Waals surface area contributed by atoms with Gasteiger partial charge in [0.05, 0.1) is 12.0 Å². The van der Waals surface area contributed by atoms with E-state index in [0.29, 0.717) is 45.8 Å². The minimum atomic E-state index is -0.478. The van der Waals surface area contributed by atoms with Crippen LogP contribution in [0.2, 0.25) is 0 Å². The molecule has 0 radical (unpaired) electrons. The van der Waals surface area contributed by atoms with E-state index in [2.05, 4.69) is 21.2 Å². The average molecular weight is 394 g/mol. The second-order valence-corrected chi connectivity index (χ2v) is 6.07. The quantitative estimate of drug-likeness (QED) is 0.726. The molecule has 0 aliphatic carbocycles. The summed E-state index contributed by atoms with van der Waals surface area (Å²) in [6.45, 7) is 2.44. The average Bonchev–Trinajstić information content (AvgIpc) is 2.52. The lowest BCUT2D eigenvalue weighted by atomic mass is 9.79. The van der Waals surface area contributed by atoms with Gasteiger partial charge in [0.1, 0.15) is 12.4 Å². The molecule has 1 aliphatic heterocycles. The van der Waals surface area contributed by atoms with Crippen LogP contribution in [0.25, 0.3) is 0 Å². The van der Waals surface area contributed by atoms with Crippen molar-refractivity contribution in [2.75, 3.05) is 32.9 Å². The normalized spacial score (nSPS) is 16.5. The van der Waals surface area contributed by atoms with Gasteiger partial charge in [-0.05, 0) is 31.0 Å². The van der Waals surface area contributed by atoms with Crippen molar-refractivity contribution in [1.82, 2.24) is 5.32 Å². The Kier molecular flexibility index (Phi) is 8.17. The number of carbonyl (C=O) groups is 1. The first-order valence-electron chi connectivity index (χ1n) is 7.11. The minimum Gasteiger partial charge on any atom is -0.492 e. The standard InChI is InChI=1S/C15H21BrN2O3.ClH/c16-12-2-1-3-13(10-12)21-9-6-18-14(19)15(11-17)4-7-20-8-5-15;/h1-3,10H,4-9,11,17H2,(H,18,19);1H. The molecule has 0 aromatic heterocycles. The number of halogens is 2. The molecule has 124 valence electrons. The van der Waals surface area contributed by atoms with Crippen LogP contribution in [0.4, 0.5) is 0 Å². The highest BCUT2D eigenvalue weighted by atomic mass is 79.9. The first-order chi connectivity index (χ1) is 10.2. The molecule has 1 fully saturated rings. The number of amides is 1. The first-order valence-corrected chi connectivity index (χ1v) is 7.90. The predicted molar refractivity (Wildman–Crippen MR) is 91.4 cm³/mol. The summed E-state index contributed by atoms with van der Waals surface area (Å²) in [5, 5.41) is 2.92. The summed E-state index contributed by atoms with van der Waals surface area (Å²) >= 11 is 3.39. The van der Waals surface area contributed by atoms with E-state index in [1.54, 1.807) is 0 Å². The number of nitrogens with two attached hydrogens (primary N) is 1. The summed E-state index contributed by atoms with van der Waals surface area (Å²) in [4.78, 5) is 12.3. The highest BCUT2D eigenvalue weighted by molar-refractivity contribution is 9.10. The van der Waals surface area contributed by atoms with Crippen LogP contribution in [0, 0.1) is 5.41 Å². The molecule has 0 spiro atoms. The van der Waals surface area contributed by atoms with Crippen molar-refractivity contribution < 1.29 is 14.3 Å². The first kappa shape index (κ1) is 19.2.